The van der Waals surface area contributed by atoms with Crippen molar-refractivity contribution in [3.05, 3.63) is 33.6 Å². The largest absolute Gasteiger partial charge is 0.396 e. The molecule has 0 saturated heterocycles. The van der Waals surface area contributed by atoms with Gasteiger partial charge >= 0.3 is 0 Å². The third kappa shape index (κ3) is 2.49. The maximum Gasteiger partial charge on any atom is 0.285 e. The number of nitro groups is 1. The minimum atomic E-state index is -0.891. The molecule has 0 radical (unpaired) electrons. The van der Waals surface area contributed by atoms with Gasteiger partial charge in [-0.15, -0.1) is 0 Å². The number of nitro benzene ring substituents is 1. The minimum Gasteiger partial charge on any atom is -0.396 e. The number of carbonyl (C=O) groups is 1. The van der Waals surface area contributed by atoms with Crippen LogP contribution in [0.4, 0.5) is 15.8 Å². The second kappa shape index (κ2) is 4.83. The van der Waals surface area contributed by atoms with Crippen LogP contribution in [-0.2, 0) is 0 Å². The fourth-order valence-corrected chi connectivity index (χ4v) is 2.01. The Morgan fingerprint density at radius 3 is 2.68 bits per heavy atom. The fourth-order valence-electron chi connectivity index (χ4n) is 2.01. The standard InChI is InChI=1S/C12H14FN3O3/c1-2-15(7-3-4-7)12(17)8-5-10(14)9(13)6-11(8)16(18)19/h5-7H,2-4,14H2,1H3. The van der Waals surface area contributed by atoms with Gasteiger partial charge in [0.15, 0.2) is 5.82 Å². The number of nitrogens with zero attached hydrogens (tertiary/aromatic N) is 2. The van der Waals surface area contributed by atoms with Crippen molar-refractivity contribution < 1.29 is 14.1 Å². The van der Waals surface area contributed by atoms with Crippen molar-refractivity contribution in [3.63, 3.8) is 0 Å². The van der Waals surface area contributed by atoms with Gasteiger partial charge in [0.2, 0.25) is 0 Å². The molecule has 0 atom stereocenters. The Balaban J connectivity index is 2.44. The van der Waals surface area contributed by atoms with Gasteiger partial charge in [-0.3, -0.25) is 14.9 Å². The summed E-state index contributed by atoms with van der Waals surface area (Å²) < 4.78 is 13.3. The summed E-state index contributed by atoms with van der Waals surface area (Å²) >= 11 is 0. The first kappa shape index (κ1) is 13.3. The molecule has 1 amide bonds. The van der Waals surface area contributed by atoms with Crippen LogP contribution in [0.3, 0.4) is 0 Å². The number of hydrogen-bond donors (Lipinski definition) is 1. The summed E-state index contributed by atoms with van der Waals surface area (Å²) in [5.41, 5.74) is 4.43. The van der Waals surface area contributed by atoms with Crippen molar-refractivity contribution in [2.24, 2.45) is 0 Å². The van der Waals surface area contributed by atoms with Crippen LogP contribution in [0.2, 0.25) is 0 Å². The summed E-state index contributed by atoms with van der Waals surface area (Å²) in [6.45, 7) is 2.26. The predicted octanol–water partition coefficient (Wildman–Crippen LogP) is 1.94. The molecule has 0 bridgehead atoms. The zero-order valence-electron chi connectivity index (χ0n) is 10.4. The molecule has 1 aliphatic carbocycles. The van der Waals surface area contributed by atoms with Crippen LogP contribution in [-0.4, -0.2) is 28.3 Å². The van der Waals surface area contributed by atoms with E-state index in [1.807, 2.05) is 0 Å². The van der Waals surface area contributed by atoms with Gasteiger partial charge in [0.25, 0.3) is 11.6 Å². The highest BCUT2D eigenvalue weighted by Gasteiger charge is 2.35. The maximum absolute atomic E-state index is 13.3. The summed E-state index contributed by atoms with van der Waals surface area (Å²) in [6.07, 6.45) is 1.79. The number of anilines is 1. The zero-order chi connectivity index (χ0) is 14.2. The van der Waals surface area contributed by atoms with Gasteiger partial charge in [-0.25, -0.2) is 4.39 Å². The highest BCUT2D eigenvalue weighted by Crippen LogP contribution is 2.31. The molecule has 0 unspecified atom stereocenters. The van der Waals surface area contributed by atoms with E-state index in [0.29, 0.717) is 12.6 Å². The number of halogens is 1. The number of benzene rings is 1. The lowest BCUT2D eigenvalue weighted by atomic mass is 10.1. The van der Waals surface area contributed by atoms with E-state index in [4.69, 9.17) is 5.73 Å². The normalized spacial score (nSPS) is 14.2. The molecule has 1 aliphatic rings. The average molecular weight is 267 g/mol. The van der Waals surface area contributed by atoms with E-state index in [9.17, 15) is 19.3 Å². The predicted molar refractivity (Wildman–Crippen MR) is 67.2 cm³/mol. The van der Waals surface area contributed by atoms with Gasteiger partial charge < -0.3 is 10.6 Å². The van der Waals surface area contributed by atoms with Crippen LogP contribution in [0.25, 0.3) is 0 Å². The van der Waals surface area contributed by atoms with Gasteiger partial charge in [-0.2, -0.15) is 0 Å². The van der Waals surface area contributed by atoms with Gasteiger partial charge in [0.1, 0.15) is 5.56 Å². The molecule has 102 valence electrons. The van der Waals surface area contributed by atoms with Crippen molar-refractivity contribution in [3.8, 4) is 0 Å². The van der Waals surface area contributed by atoms with Crippen molar-refractivity contribution in [1.82, 2.24) is 4.90 Å². The van der Waals surface area contributed by atoms with E-state index in [0.717, 1.165) is 18.9 Å². The van der Waals surface area contributed by atoms with Crippen LogP contribution >= 0.6 is 0 Å². The summed E-state index contributed by atoms with van der Waals surface area (Å²) in [5.74, 6) is -1.36. The SMILES string of the molecule is CCN(C(=O)c1cc(N)c(F)cc1[N+](=O)[O-])C1CC1. The number of nitrogen functional groups attached to an aromatic ring is 1. The van der Waals surface area contributed by atoms with Crippen LogP contribution in [0, 0.1) is 15.9 Å². The highest BCUT2D eigenvalue weighted by atomic mass is 19.1. The van der Waals surface area contributed by atoms with Crippen LogP contribution in [0.1, 0.15) is 30.1 Å². The van der Waals surface area contributed by atoms with E-state index in [1.54, 1.807) is 11.8 Å². The van der Waals surface area contributed by atoms with Crippen molar-refractivity contribution in [2.45, 2.75) is 25.8 Å². The highest BCUT2D eigenvalue weighted by molar-refractivity contribution is 5.99. The van der Waals surface area contributed by atoms with Gasteiger partial charge in [0.05, 0.1) is 16.7 Å². The molecular weight excluding hydrogens is 253 g/mol. The summed E-state index contributed by atoms with van der Waals surface area (Å²) in [5, 5.41) is 10.9. The molecule has 1 aromatic carbocycles. The van der Waals surface area contributed by atoms with E-state index < -0.39 is 22.3 Å². The maximum atomic E-state index is 13.3. The van der Waals surface area contributed by atoms with Crippen molar-refractivity contribution in [1.29, 1.82) is 0 Å². The Morgan fingerprint density at radius 2 is 2.21 bits per heavy atom. The van der Waals surface area contributed by atoms with E-state index in [1.165, 1.54) is 0 Å². The first-order valence-electron chi connectivity index (χ1n) is 6.00. The first-order chi connectivity index (χ1) is 8.95. The van der Waals surface area contributed by atoms with E-state index >= 15 is 0 Å². The molecule has 1 fully saturated rings. The summed E-state index contributed by atoms with van der Waals surface area (Å²) in [7, 11) is 0. The van der Waals surface area contributed by atoms with Crippen molar-refractivity contribution >= 4 is 17.3 Å². The molecule has 6 nitrogen and oxygen atoms in total. The molecule has 19 heavy (non-hydrogen) atoms. The monoisotopic (exact) mass is 267 g/mol. The molecule has 1 saturated carbocycles. The Hall–Kier alpha value is -2.18. The van der Waals surface area contributed by atoms with Gasteiger partial charge in [-0.05, 0) is 25.8 Å². The number of hydrogen-bond acceptors (Lipinski definition) is 4. The van der Waals surface area contributed by atoms with Crippen LogP contribution < -0.4 is 5.73 Å². The van der Waals surface area contributed by atoms with Gasteiger partial charge in [0, 0.05) is 12.6 Å². The molecule has 0 aliphatic heterocycles. The average Bonchev–Trinajstić information content (AvgIpc) is 3.17. The second-order valence-corrected chi connectivity index (χ2v) is 4.47. The quantitative estimate of drug-likeness (QED) is 0.513. The number of carbonyl (C=O) groups excluding carboxylic acids is 1. The lowest BCUT2D eigenvalue weighted by Crippen LogP contribution is -2.33. The number of amides is 1. The number of rotatable bonds is 4. The molecule has 0 aromatic heterocycles. The lowest BCUT2D eigenvalue weighted by Gasteiger charge is -2.20. The molecule has 2 N–H and O–H groups in total. The topological polar surface area (TPSA) is 89.5 Å². The third-order valence-corrected chi connectivity index (χ3v) is 3.13. The molecule has 0 heterocycles. The second-order valence-electron chi connectivity index (χ2n) is 4.47. The van der Waals surface area contributed by atoms with Gasteiger partial charge in [-0.1, -0.05) is 0 Å². The number of nitrogens with two attached hydrogens (primary N) is 1. The van der Waals surface area contributed by atoms with E-state index in [-0.39, 0.29) is 17.3 Å². The first-order valence-corrected chi connectivity index (χ1v) is 6.00. The third-order valence-electron chi connectivity index (χ3n) is 3.13. The fraction of sp³-hybridized carbons (Fsp3) is 0.417. The van der Waals surface area contributed by atoms with E-state index in [2.05, 4.69) is 0 Å². The molecule has 7 heteroatoms. The van der Waals surface area contributed by atoms with Crippen molar-refractivity contribution in [2.75, 3.05) is 12.3 Å². The molecule has 1 aromatic rings. The van der Waals surface area contributed by atoms with Crippen LogP contribution in [0.15, 0.2) is 12.1 Å². The summed E-state index contributed by atoms with van der Waals surface area (Å²) in [4.78, 5) is 24.0. The summed E-state index contributed by atoms with van der Waals surface area (Å²) in [6, 6.07) is 1.87. The minimum absolute atomic E-state index is 0.128. The smallest absolute Gasteiger partial charge is 0.285 e. The Morgan fingerprint density at radius 1 is 1.58 bits per heavy atom. The molecule has 2 rings (SSSR count). The molecular formula is C12H14FN3O3. The van der Waals surface area contributed by atoms with Crippen LogP contribution in [0.5, 0.6) is 0 Å². The Bertz CT molecular complexity index is 543. The zero-order valence-corrected chi connectivity index (χ0v) is 10.4. The molecule has 0 spiro atoms. The Labute approximate surface area is 109 Å². The lowest BCUT2D eigenvalue weighted by molar-refractivity contribution is -0.385. The Kier molecular flexibility index (Phi) is 3.37.